The van der Waals surface area contributed by atoms with E-state index in [1.165, 1.54) is 0 Å². The highest BCUT2D eigenvalue weighted by Crippen LogP contribution is 2.25. The average molecular weight is 342 g/mol. The Morgan fingerprint density at radius 2 is 2.04 bits per heavy atom. The molecule has 2 aromatic rings. The molecule has 1 aliphatic rings. The third-order valence-electron chi connectivity index (χ3n) is 4.45. The number of nitrogens with zero attached hydrogens (tertiary/aromatic N) is 4. The standard InChI is InChI=1S/C19H26N4O2/c1-13-8-17-14(10-20-13)9-16(11-21-17)23-7-6-15(12-23)22(5)18(24)25-19(2,3)4/h8-11,15H,6-7,12H2,1-5H3. The molecule has 0 aromatic carbocycles. The monoisotopic (exact) mass is 342 g/mol. The quantitative estimate of drug-likeness (QED) is 0.837. The zero-order valence-corrected chi connectivity index (χ0v) is 15.6. The summed E-state index contributed by atoms with van der Waals surface area (Å²) in [5.41, 5.74) is 2.51. The average Bonchev–Trinajstić information content (AvgIpc) is 3.02. The molecule has 25 heavy (non-hydrogen) atoms. The van der Waals surface area contributed by atoms with Crippen LogP contribution in [0, 0.1) is 6.92 Å². The summed E-state index contributed by atoms with van der Waals surface area (Å²) in [4.78, 5) is 25.1. The van der Waals surface area contributed by atoms with Crippen LogP contribution in [0.15, 0.2) is 24.5 Å². The Balaban J connectivity index is 1.70. The van der Waals surface area contributed by atoms with E-state index in [0.29, 0.717) is 0 Å². The van der Waals surface area contributed by atoms with Crippen molar-refractivity contribution in [3.05, 3.63) is 30.2 Å². The highest BCUT2D eigenvalue weighted by Gasteiger charge is 2.31. The number of hydrogen-bond donors (Lipinski definition) is 0. The second-order valence-corrected chi connectivity index (χ2v) is 7.69. The minimum Gasteiger partial charge on any atom is -0.444 e. The molecule has 0 aliphatic carbocycles. The van der Waals surface area contributed by atoms with Gasteiger partial charge in [0.25, 0.3) is 0 Å². The highest BCUT2D eigenvalue weighted by molar-refractivity contribution is 5.81. The first-order valence-corrected chi connectivity index (χ1v) is 8.66. The number of aromatic nitrogens is 2. The molecule has 6 heteroatoms. The minimum absolute atomic E-state index is 0.140. The molecule has 134 valence electrons. The van der Waals surface area contributed by atoms with E-state index in [-0.39, 0.29) is 12.1 Å². The van der Waals surface area contributed by atoms with E-state index < -0.39 is 5.60 Å². The molecule has 0 bridgehead atoms. The molecule has 1 atom stereocenters. The fourth-order valence-corrected chi connectivity index (χ4v) is 3.06. The van der Waals surface area contributed by atoms with Crippen molar-refractivity contribution in [1.29, 1.82) is 0 Å². The van der Waals surface area contributed by atoms with Gasteiger partial charge >= 0.3 is 6.09 Å². The van der Waals surface area contributed by atoms with Crippen molar-refractivity contribution in [2.45, 2.75) is 45.8 Å². The van der Waals surface area contributed by atoms with E-state index in [1.54, 1.807) is 4.90 Å². The molecule has 0 spiro atoms. The van der Waals surface area contributed by atoms with Crippen molar-refractivity contribution in [2.75, 3.05) is 25.0 Å². The van der Waals surface area contributed by atoms with Crippen LogP contribution in [0.4, 0.5) is 10.5 Å². The third kappa shape index (κ3) is 4.00. The van der Waals surface area contributed by atoms with Crippen LogP contribution in [-0.4, -0.2) is 52.7 Å². The van der Waals surface area contributed by atoms with Gasteiger partial charge in [0.2, 0.25) is 0 Å². The molecule has 1 amide bonds. The Morgan fingerprint density at radius 3 is 2.76 bits per heavy atom. The number of carbonyl (C=O) groups excluding carboxylic acids is 1. The fraction of sp³-hybridized carbons (Fsp3) is 0.526. The van der Waals surface area contributed by atoms with E-state index in [1.807, 2.05) is 53.2 Å². The van der Waals surface area contributed by atoms with E-state index in [2.05, 4.69) is 20.9 Å². The number of ether oxygens (including phenoxy) is 1. The lowest BCUT2D eigenvalue weighted by atomic mass is 10.2. The van der Waals surface area contributed by atoms with E-state index in [9.17, 15) is 4.79 Å². The number of likely N-dealkylation sites (N-methyl/N-ethyl adjacent to an activating group) is 1. The number of amides is 1. The normalized spacial score (nSPS) is 17.8. The Morgan fingerprint density at radius 1 is 1.28 bits per heavy atom. The Bertz CT molecular complexity index is 785. The van der Waals surface area contributed by atoms with Gasteiger partial charge in [0.05, 0.1) is 23.4 Å². The number of carbonyl (C=O) groups is 1. The lowest BCUT2D eigenvalue weighted by Crippen LogP contribution is -2.42. The first kappa shape index (κ1) is 17.5. The number of fused-ring (bicyclic) bond motifs is 1. The molecule has 1 aliphatic heterocycles. The molecule has 3 rings (SSSR count). The smallest absolute Gasteiger partial charge is 0.410 e. The number of hydrogen-bond acceptors (Lipinski definition) is 5. The molecule has 3 heterocycles. The van der Waals surface area contributed by atoms with Crippen LogP contribution in [0.2, 0.25) is 0 Å². The summed E-state index contributed by atoms with van der Waals surface area (Å²) in [5.74, 6) is 0. The van der Waals surface area contributed by atoms with Crippen LogP contribution in [0.25, 0.3) is 10.9 Å². The molecular weight excluding hydrogens is 316 g/mol. The van der Waals surface area contributed by atoms with Gasteiger partial charge in [-0.05, 0) is 46.2 Å². The molecular formula is C19H26N4O2. The SMILES string of the molecule is Cc1cc2ncc(N3CCC(N(C)C(=O)OC(C)(C)C)C3)cc2cn1. The summed E-state index contributed by atoms with van der Waals surface area (Å²) in [6.45, 7) is 9.29. The summed E-state index contributed by atoms with van der Waals surface area (Å²) in [6, 6.07) is 4.24. The summed E-state index contributed by atoms with van der Waals surface area (Å²) >= 11 is 0. The highest BCUT2D eigenvalue weighted by atomic mass is 16.6. The van der Waals surface area contributed by atoms with E-state index in [0.717, 1.165) is 41.8 Å². The lowest BCUT2D eigenvalue weighted by molar-refractivity contribution is 0.0238. The number of pyridine rings is 2. The Hall–Kier alpha value is -2.37. The van der Waals surface area contributed by atoms with Crippen LogP contribution in [0.5, 0.6) is 0 Å². The van der Waals surface area contributed by atoms with Gasteiger partial charge < -0.3 is 14.5 Å². The maximum atomic E-state index is 12.3. The van der Waals surface area contributed by atoms with Crippen molar-refractivity contribution >= 4 is 22.7 Å². The van der Waals surface area contributed by atoms with Gasteiger partial charge in [-0.3, -0.25) is 9.97 Å². The van der Waals surface area contributed by atoms with E-state index in [4.69, 9.17) is 4.74 Å². The zero-order valence-electron chi connectivity index (χ0n) is 15.6. The maximum Gasteiger partial charge on any atom is 0.410 e. The predicted molar refractivity (Wildman–Crippen MR) is 98.9 cm³/mol. The van der Waals surface area contributed by atoms with Gasteiger partial charge in [-0.15, -0.1) is 0 Å². The van der Waals surface area contributed by atoms with Gasteiger partial charge in [-0.2, -0.15) is 0 Å². The molecule has 6 nitrogen and oxygen atoms in total. The van der Waals surface area contributed by atoms with Gasteiger partial charge in [-0.1, -0.05) is 0 Å². The van der Waals surface area contributed by atoms with Gasteiger partial charge in [0.1, 0.15) is 5.60 Å². The van der Waals surface area contributed by atoms with Crippen LogP contribution >= 0.6 is 0 Å². The molecule has 1 unspecified atom stereocenters. The predicted octanol–water partition coefficient (Wildman–Crippen LogP) is 3.38. The van der Waals surface area contributed by atoms with Crippen molar-refractivity contribution in [2.24, 2.45) is 0 Å². The first-order valence-electron chi connectivity index (χ1n) is 8.66. The number of anilines is 1. The van der Waals surface area contributed by atoms with Crippen molar-refractivity contribution < 1.29 is 9.53 Å². The topological polar surface area (TPSA) is 58.6 Å². The van der Waals surface area contributed by atoms with E-state index >= 15 is 0 Å². The number of aryl methyl sites for hydroxylation is 1. The van der Waals surface area contributed by atoms with Crippen LogP contribution < -0.4 is 4.90 Å². The fourth-order valence-electron chi connectivity index (χ4n) is 3.06. The summed E-state index contributed by atoms with van der Waals surface area (Å²) < 4.78 is 5.47. The molecule has 2 aromatic heterocycles. The number of rotatable bonds is 2. The Labute approximate surface area is 148 Å². The largest absolute Gasteiger partial charge is 0.444 e. The van der Waals surface area contributed by atoms with Gasteiger partial charge in [0.15, 0.2) is 0 Å². The summed E-state index contributed by atoms with van der Waals surface area (Å²) in [5, 5.41) is 1.03. The molecule has 1 fully saturated rings. The first-order chi connectivity index (χ1) is 11.7. The molecule has 0 saturated carbocycles. The molecule has 1 saturated heterocycles. The molecule has 0 radical (unpaired) electrons. The summed E-state index contributed by atoms with van der Waals surface area (Å²) in [6.07, 6.45) is 4.41. The minimum atomic E-state index is -0.475. The van der Waals surface area contributed by atoms with Crippen molar-refractivity contribution in [1.82, 2.24) is 14.9 Å². The second-order valence-electron chi connectivity index (χ2n) is 7.69. The van der Waals surface area contributed by atoms with Crippen molar-refractivity contribution in [3.8, 4) is 0 Å². The Kier molecular flexibility index (Phi) is 4.54. The van der Waals surface area contributed by atoms with Gasteiger partial charge in [-0.25, -0.2) is 4.79 Å². The van der Waals surface area contributed by atoms with Crippen LogP contribution in [0.3, 0.4) is 0 Å². The van der Waals surface area contributed by atoms with Crippen LogP contribution in [0.1, 0.15) is 32.9 Å². The maximum absolute atomic E-state index is 12.3. The van der Waals surface area contributed by atoms with Crippen molar-refractivity contribution in [3.63, 3.8) is 0 Å². The third-order valence-corrected chi connectivity index (χ3v) is 4.45. The lowest BCUT2D eigenvalue weighted by Gasteiger charge is -2.28. The summed E-state index contributed by atoms with van der Waals surface area (Å²) in [7, 11) is 1.81. The molecule has 0 N–H and O–H groups in total. The zero-order chi connectivity index (χ0) is 18.2. The second kappa shape index (κ2) is 6.50. The van der Waals surface area contributed by atoms with Crippen LogP contribution in [-0.2, 0) is 4.74 Å². The van der Waals surface area contributed by atoms with Gasteiger partial charge in [0, 0.05) is 37.4 Å².